The molecular weight excluding hydrogens is 546 g/mol. The minimum Gasteiger partial charge on any atom is -0.497 e. The Morgan fingerprint density at radius 1 is 0.905 bits per heavy atom. The molecule has 0 aliphatic carbocycles. The van der Waals surface area contributed by atoms with E-state index in [0.717, 1.165) is 28.5 Å². The molecular formula is C33H29N5O3S. The first-order chi connectivity index (χ1) is 20.6. The molecule has 0 bridgehead atoms. The average molecular weight is 576 g/mol. The zero-order chi connectivity index (χ0) is 28.9. The number of amides is 1. The number of ether oxygens (including phenoxy) is 2. The molecule has 0 spiro atoms. The number of carbonyl (C=O) groups excluding carboxylic acids is 1. The zero-order valence-electron chi connectivity index (χ0n) is 22.9. The molecule has 0 radical (unpaired) electrons. The van der Waals surface area contributed by atoms with Gasteiger partial charge in [-0.3, -0.25) is 9.78 Å². The van der Waals surface area contributed by atoms with E-state index in [2.05, 4.69) is 31.2 Å². The van der Waals surface area contributed by atoms with Crippen LogP contribution in [-0.2, 0) is 4.79 Å². The van der Waals surface area contributed by atoms with E-state index in [1.807, 2.05) is 109 Å². The van der Waals surface area contributed by atoms with Gasteiger partial charge < -0.3 is 29.6 Å². The second-order valence-corrected chi connectivity index (χ2v) is 10.1. The van der Waals surface area contributed by atoms with E-state index in [-0.39, 0.29) is 24.6 Å². The summed E-state index contributed by atoms with van der Waals surface area (Å²) < 4.78 is 13.2. The van der Waals surface area contributed by atoms with Crippen molar-refractivity contribution >= 4 is 34.6 Å². The van der Waals surface area contributed by atoms with Crippen LogP contribution in [0, 0.1) is 0 Å². The molecule has 8 nitrogen and oxygen atoms in total. The van der Waals surface area contributed by atoms with Crippen molar-refractivity contribution in [1.29, 1.82) is 0 Å². The Bertz CT molecular complexity index is 1680. The first kappa shape index (κ1) is 27.0. The third-order valence-electron chi connectivity index (χ3n) is 7.06. The van der Waals surface area contributed by atoms with Gasteiger partial charge in [-0.05, 0) is 85.0 Å². The largest absolute Gasteiger partial charge is 0.497 e. The lowest BCUT2D eigenvalue weighted by molar-refractivity contribution is -0.118. The second-order valence-electron chi connectivity index (χ2n) is 9.70. The van der Waals surface area contributed by atoms with Crippen molar-refractivity contribution in [3.05, 3.63) is 133 Å². The minimum absolute atomic E-state index is 0.0824. The summed E-state index contributed by atoms with van der Waals surface area (Å²) in [5.41, 5.74) is 4.43. The molecule has 1 amide bonds. The third kappa shape index (κ3) is 5.68. The summed E-state index contributed by atoms with van der Waals surface area (Å²) in [6, 6.07) is 34.4. The van der Waals surface area contributed by atoms with Gasteiger partial charge >= 0.3 is 0 Å². The van der Waals surface area contributed by atoms with Crippen molar-refractivity contribution in [2.75, 3.05) is 23.9 Å². The fraction of sp³-hybridized carbons (Fsp3) is 0.121. The van der Waals surface area contributed by atoms with Crippen LogP contribution in [-0.4, -0.2) is 34.3 Å². The Morgan fingerprint density at radius 3 is 2.45 bits per heavy atom. The maximum Gasteiger partial charge on any atom is 0.262 e. The SMILES string of the molecule is COc1cccc(-n2cccc2[C@@H]2[C@H](c3ccccn3)NC(=S)N2c2ccc(NC(=O)COc3ccccc3)cc2)c1. The summed E-state index contributed by atoms with van der Waals surface area (Å²) in [6.45, 7) is -0.0824. The number of hydrogen-bond acceptors (Lipinski definition) is 5. The van der Waals surface area contributed by atoms with Crippen molar-refractivity contribution in [3.63, 3.8) is 0 Å². The molecule has 1 fully saturated rings. The number of benzene rings is 3. The molecule has 3 aromatic carbocycles. The molecule has 1 aliphatic heterocycles. The minimum atomic E-state index is -0.242. The quantitative estimate of drug-likeness (QED) is 0.206. The lowest BCUT2D eigenvalue weighted by Gasteiger charge is -2.29. The number of anilines is 2. The van der Waals surface area contributed by atoms with E-state index >= 15 is 0 Å². The molecule has 0 unspecified atom stereocenters. The number of methoxy groups -OCH3 is 1. The molecule has 2 aromatic heterocycles. The van der Waals surface area contributed by atoms with Crippen LogP contribution in [0.5, 0.6) is 11.5 Å². The van der Waals surface area contributed by atoms with Crippen molar-refractivity contribution in [2.45, 2.75) is 12.1 Å². The van der Waals surface area contributed by atoms with Crippen LogP contribution in [0.1, 0.15) is 23.5 Å². The number of rotatable bonds is 9. The zero-order valence-corrected chi connectivity index (χ0v) is 23.7. The number of thiocarbonyl (C=S) groups is 1. The normalized spacial score (nSPS) is 16.1. The smallest absolute Gasteiger partial charge is 0.262 e. The van der Waals surface area contributed by atoms with E-state index in [0.29, 0.717) is 16.5 Å². The average Bonchev–Trinajstić information content (AvgIpc) is 3.66. The molecule has 9 heteroatoms. The maximum absolute atomic E-state index is 12.5. The summed E-state index contributed by atoms with van der Waals surface area (Å²) in [4.78, 5) is 19.3. The highest BCUT2D eigenvalue weighted by Crippen LogP contribution is 2.42. The molecule has 2 N–H and O–H groups in total. The topological polar surface area (TPSA) is 80.7 Å². The summed E-state index contributed by atoms with van der Waals surface area (Å²) in [7, 11) is 1.66. The van der Waals surface area contributed by atoms with Crippen molar-refractivity contribution in [1.82, 2.24) is 14.9 Å². The van der Waals surface area contributed by atoms with Gasteiger partial charge in [-0.1, -0.05) is 30.3 Å². The standard InChI is InChI=1S/C33H29N5O3S/c1-40-27-12-7-9-25(21-27)37-20-8-14-29(37)32-31(28-13-5-6-19-34-28)36-33(42)38(32)24-17-15-23(16-18-24)35-30(39)22-41-26-10-3-2-4-11-26/h2-21,31-32H,22H2,1H3,(H,35,39)(H,36,42)/t31-,32+/m0/s1. The van der Waals surface area contributed by atoms with Gasteiger partial charge in [0, 0.05) is 41.2 Å². The molecule has 6 rings (SSSR count). The van der Waals surface area contributed by atoms with Gasteiger partial charge in [0.25, 0.3) is 5.91 Å². The van der Waals surface area contributed by atoms with Crippen molar-refractivity contribution in [2.24, 2.45) is 0 Å². The van der Waals surface area contributed by atoms with Crippen LogP contribution in [0.15, 0.2) is 122 Å². The molecule has 5 aromatic rings. The van der Waals surface area contributed by atoms with Crippen LogP contribution in [0.2, 0.25) is 0 Å². The molecule has 1 aliphatic rings. The summed E-state index contributed by atoms with van der Waals surface area (Å²) in [5, 5.41) is 6.99. The fourth-order valence-corrected chi connectivity index (χ4v) is 5.48. The van der Waals surface area contributed by atoms with Crippen LogP contribution in [0.25, 0.3) is 5.69 Å². The number of nitrogens with zero attached hydrogens (tertiary/aromatic N) is 3. The van der Waals surface area contributed by atoms with Crippen LogP contribution < -0.4 is 25.0 Å². The number of carbonyl (C=O) groups is 1. The Kier molecular flexibility index (Phi) is 7.83. The van der Waals surface area contributed by atoms with Crippen LogP contribution in [0.4, 0.5) is 11.4 Å². The van der Waals surface area contributed by atoms with Gasteiger partial charge in [0.05, 0.1) is 18.8 Å². The first-order valence-corrected chi connectivity index (χ1v) is 13.9. The molecule has 1 saturated heterocycles. The van der Waals surface area contributed by atoms with Gasteiger partial charge in [-0.2, -0.15) is 0 Å². The fourth-order valence-electron chi connectivity index (χ4n) is 5.13. The van der Waals surface area contributed by atoms with Crippen molar-refractivity contribution in [3.8, 4) is 17.2 Å². The lowest BCUT2D eigenvalue weighted by atomic mass is 10.0. The highest BCUT2D eigenvalue weighted by molar-refractivity contribution is 7.80. The molecule has 2 atom stereocenters. The molecule has 0 saturated carbocycles. The van der Waals surface area contributed by atoms with Gasteiger partial charge in [0.15, 0.2) is 11.7 Å². The predicted octanol–water partition coefficient (Wildman–Crippen LogP) is 6.08. The van der Waals surface area contributed by atoms with Crippen LogP contribution in [0.3, 0.4) is 0 Å². The number of para-hydroxylation sites is 1. The van der Waals surface area contributed by atoms with Gasteiger partial charge in [0.1, 0.15) is 17.5 Å². The Hall–Kier alpha value is -5.15. The van der Waals surface area contributed by atoms with Gasteiger partial charge in [0.2, 0.25) is 0 Å². The number of pyridine rings is 1. The van der Waals surface area contributed by atoms with E-state index < -0.39 is 0 Å². The number of aromatic nitrogens is 2. The second kappa shape index (κ2) is 12.2. The Balaban J connectivity index is 1.29. The number of hydrogen-bond donors (Lipinski definition) is 2. The van der Waals surface area contributed by atoms with Gasteiger partial charge in [-0.15, -0.1) is 0 Å². The van der Waals surface area contributed by atoms with E-state index in [9.17, 15) is 4.79 Å². The van der Waals surface area contributed by atoms with E-state index in [1.165, 1.54) is 0 Å². The summed E-state index contributed by atoms with van der Waals surface area (Å²) >= 11 is 5.91. The van der Waals surface area contributed by atoms with E-state index in [1.54, 1.807) is 13.3 Å². The third-order valence-corrected chi connectivity index (χ3v) is 7.37. The predicted molar refractivity (Wildman–Crippen MR) is 167 cm³/mol. The Labute approximate surface area is 249 Å². The maximum atomic E-state index is 12.5. The Morgan fingerprint density at radius 2 is 1.69 bits per heavy atom. The summed E-state index contributed by atoms with van der Waals surface area (Å²) in [5.74, 6) is 1.18. The van der Waals surface area contributed by atoms with Crippen molar-refractivity contribution < 1.29 is 14.3 Å². The first-order valence-electron chi connectivity index (χ1n) is 13.5. The lowest BCUT2D eigenvalue weighted by Crippen LogP contribution is -2.30. The van der Waals surface area contributed by atoms with Crippen LogP contribution >= 0.6 is 12.2 Å². The molecule has 210 valence electrons. The monoisotopic (exact) mass is 575 g/mol. The van der Waals surface area contributed by atoms with Gasteiger partial charge in [-0.25, -0.2) is 0 Å². The summed E-state index contributed by atoms with van der Waals surface area (Å²) in [6.07, 6.45) is 3.83. The number of nitrogens with one attached hydrogen (secondary N) is 2. The molecule has 42 heavy (non-hydrogen) atoms. The molecule has 3 heterocycles. The highest BCUT2D eigenvalue weighted by atomic mass is 32.1. The highest BCUT2D eigenvalue weighted by Gasteiger charge is 2.42. The van der Waals surface area contributed by atoms with E-state index in [4.69, 9.17) is 21.7 Å².